The van der Waals surface area contributed by atoms with E-state index in [2.05, 4.69) is 174 Å². The van der Waals surface area contributed by atoms with Gasteiger partial charge in [-0.15, -0.1) is 0 Å². The summed E-state index contributed by atoms with van der Waals surface area (Å²) in [5, 5.41) is 1.04. The van der Waals surface area contributed by atoms with Crippen LogP contribution in [0, 0.1) is 0 Å². The Morgan fingerprint density at radius 2 is 0.698 bits per heavy atom. The number of benzene rings is 4. The maximum absolute atomic E-state index is 7.24. The van der Waals surface area contributed by atoms with Crippen LogP contribution in [-0.2, 0) is 21.7 Å². The molecule has 0 N–H and O–H groups in total. The van der Waals surface area contributed by atoms with Crippen molar-refractivity contribution >= 4 is 13.7 Å². The fourth-order valence-electron chi connectivity index (χ4n) is 5.33. The second kappa shape index (κ2) is 12.1. The fraction of sp³-hybridized carbons (Fsp3) is 0.400. The van der Waals surface area contributed by atoms with Gasteiger partial charge in [-0.1, -0.05) is 162 Å². The highest BCUT2D eigenvalue weighted by atomic mass is 31.2. The van der Waals surface area contributed by atoms with Crippen molar-refractivity contribution in [2.45, 2.75) is 105 Å². The summed E-state index contributed by atoms with van der Waals surface area (Å²) in [7, 11) is -1.54. The van der Waals surface area contributed by atoms with E-state index in [1.165, 1.54) is 33.4 Å². The van der Waals surface area contributed by atoms with E-state index in [0.29, 0.717) is 0 Å². The number of rotatable bonds is 6. The maximum atomic E-state index is 7.24. The van der Waals surface area contributed by atoms with E-state index in [-0.39, 0.29) is 21.7 Å². The SMILES string of the molecule is CC(C)(C)c1cccc(C(C)(C)C)c1OP(Oc1c(C(C)(C)C)cccc1C(C)(C)C)c1ccc(-c2ccccc2)cc1. The minimum Gasteiger partial charge on any atom is -0.435 e. The van der Waals surface area contributed by atoms with E-state index in [1.54, 1.807) is 0 Å². The molecule has 0 radical (unpaired) electrons. The standard InChI is InChI=1S/C40H51O2P/c1-37(2,3)31-20-16-21-32(38(4,5)6)35(31)41-43(30-26-24-29(25-27-30)28-18-14-13-15-19-28)42-36-33(39(7,8)9)22-17-23-34(36)40(10,11)12/h13-27H,1-12H3. The minimum atomic E-state index is -1.54. The molecule has 0 fully saturated rings. The molecule has 0 atom stereocenters. The van der Waals surface area contributed by atoms with Gasteiger partial charge in [0, 0.05) is 22.3 Å². The van der Waals surface area contributed by atoms with Crippen molar-refractivity contribution in [3.05, 3.63) is 113 Å². The van der Waals surface area contributed by atoms with Crippen molar-refractivity contribution in [2.75, 3.05) is 0 Å². The van der Waals surface area contributed by atoms with E-state index >= 15 is 0 Å². The molecule has 0 unspecified atom stereocenters. The summed E-state index contributed by atoms with van der Waals surface area (Å²) in [6.45, 7) is 27.1. The molecule has 4 rings (SSSR count). The van der Waals surface area contributed by atoms with Crippen molar-refractivity contribution < 1.29 is 9.05 Å². The van der Waals surface area contributed by atoms with E-state index in [9.17, 15) is 0 Å². The Morgan fingerprint density at radius 1 is 0.372 bits per heavy atom. The Bertz CT molecular complexity index is 1380. The van der Waals surface area contributed by atoms with Gasteiger partial charge < -0.3 is 9.05 Å². The highest BCUT2D eigenvalue weighted by Gasteiger charge is 2.33. The largest absolute Gasteiger partial charge is 0.435 e. The highest BCUT2D eigenvalue weighted by Crippen LogP contribution is 2.51. The van der Waals surface area contributed by atoms with Crippen LogP contribution in [0.25, 0.3) is 11.1 Å². The van der Waals surface area contributed by atoms with Gasteiger partial charge in [-0.3, -0.25) is 0 Å². The van der Waals surface area contributed by atoms with Crippen LogP contribution in [-0.4, -0.2) is 0 Å². The third kappa shape index (κ3) is 7.71. The van der Waals surface area contributed by atoms with E-state index < -0.39 is 8.38 Å². The zero-order valence-corrected chi connectivity index (χ0v) is 29.3. The summed E-state index contributed by atoms with van der Waals surface area (Å²) in [5.74, 6) is 1.87. The van der Waals surface area contributed by atoms with Crippen LogP contribution in [0.1, 0.15) is 105 Å². The lowest BCUT2D eigenvalue weighted by atomic mass is 9.79. The first-order valence-electron chi connectivity index (χ1n) is 15.5. The van der Waals surface area contributed by atoms with Crippen LogP contribution < -0.4 is 14.4 Å². The van der Waals surface area contributed by atoms with E-state index in [4.69, 9.17) is 9.05 Å². The lowest BCUT2D eigenvalue weighted by molar-refractivity contribution is 0.444. The normalized spacial score (nSPS) is 12.9. The topological polar surface area (TPSA) is 18.5 Å². The minimum absolute atomic E-state index is 0.103. The van der Waals surface area contributed by atoms with Gasteiger partial charge in [-0.05, 0) is 44.9 Å². The molecule has 0 saturated heterocycles. The first kappa shape index (κ1) is 32.8. The van der Waals surface area contributed by atoms with Gasteiger partial charge in [-0.2, -0.15) is 0 Å². The molecule has 0 aromatic heterocycles. The third-order valence-electron chi connectivity index (χ3n) is 7.80. The Kier molecular flexibility index (Phi) is 9.25. The average molecular weight is 595 g/mol. The Hall–Kier alpha value is -3.09. The van der Waals surface area contributed by atoms with Crippen LogP contribution >= 0.6 is 8.38 Å². The summed E-state index contributed by atoms with van der Waals surface area (Å²) in [4.78, 5) is 0. The first-order chi connectivity index (χ1) is 19.9. The van der Waals surface area contributed by atoms with Crippen LogP contribution in [0.5, 0.6) is 11.5 Å². The molecular formula is C40H51O2P. The van der Waals surface area contributed by atoms with Gasteiger partial charge >= 0.3 is 8.38 Å². The van der Waals surface area contributed by atoms with Gasteiger partial charge in [0.2, 0.25) is 0 Å². The summed E-state index contributed by atoms with van der Waals surface area (Å²) in [5.41, 5.74) is 6.73. The lowest BCUT2D eigenvalue weighted by Gasteiger charge is -2.33. The van der Waals surface area contributed by atoms with E-state index in [0.717, 1.165) is 16.8 Å². The molecule has 0 spiro atoms. The molecule has 228 valence electrons. The van der Waals surface area contributed by atoms with Crippen LogP contribution in [0.15, 0.2) is 91.0 Å². The van der Waals surface area contributed by atoms with Crippen molar-refractivity contribution in [1.82, 2.24) is 0 Å². The molecule has 0 aliphatic carbocycles. The van der Waals surface area contributed by atoms with Crippen LogP contribution in [0.2, 0.25) is 0 Å². The molecule has 0 bridgehead atoms. The number of hydrogen-bond acceptors (Lipinski definition) is 2. The molecule has 4 aromatic carbocycles. The fourth-order valence-corrected chi connectivity index (χ4v) is 6.69. The first-order valence-corrected chi connectivity index (χ1v) is 16.6. The molecule has 3 heteroatoms. The second-order valence-corrected chi connectivity index (χ2v) is 17.1. The van der Waals surface area contributed by atoms with Gasteiger partial charge in [0.25, 0.3) is 0 Å². The predicted octanol–water partition coefficient (Wildman–Crippen LogP) is 11.6. The lowest BCUT2D eigenvalue weighted by Crippen LogP contribution is -2.22. The monoisotopic (exact) mass is 594 g/mol. The van der Waals surface area contributed by atoms with Gasteiger partial charge in [0.1, 0.15) is 11.5 Å². The Morgan fingerprint density at radius 3 is 1.02 bits per heavy atom. The van der Waals surface area contributed by atoms with Crippen molar-refractivity contribution in [1.29, 1.82) is 0 Å². The van der Waals surface area contributed by atoms with Crippen molar-refractivity contribution in [2.24, 2.45) is 0 Å². The number of hydrogen-bond donors (Lipinski definition) is 0. The molecule has 4 aromatic rings. The molecule has 0 saturated carbocycles. The molecule has 0 aliphatic rings. The predicted molar refractivity (Wildman–Crippen MR) is 187 cm³/mol. The Balaban J connectivity index is 1.94. The summed E-state index contributed by atoms with van der Waals surface area (Å²) >= 11 is 0. The Labute approximate surface area is 262 Å². The quantitative estimate of drug-likeness (QED) is 0.207. The van der Waals surface area contributed by atoms with Crippen LogP contribution in [0.4, 0.5) is 0 Å². The molecule has 0 aliphatic heterocycles. The smallest absolute Gasteiger partial charge is 0.326 e. The molecule has 0 amide bonds. The summed E-state index contributed by atoms with van der Waals surface area (Å²) < 4.78 is 14.5. The van der Waals surface area contributed by atoms with E-state index in [1.807, 2.05) is 0 Å². The van der Waals surface area contributed by atoms with Gasteiger partial charge in [-0.25, -0.2) is 0 Å². The zero-order valence-electron chi connectivity index (χ0n) is 28.4. The highest BCUT2D eigenvalue weighted by molar-refractivity contribution is 7.56. The molecule has 2 nitrogen and oxygen atoms in total. The van der Waals surface area contributed by atoms with Gasteiger partial charge in [0.15, 0.2) is 0 Å². The van der Waals surface area contributed by atoms with Crippen molar-refractivity contribution in [3.63, 3.8) is 0 Å². The molecule has 0 heterocycles. The van der Waals surface area contributed by atoms with Crippen molar-refractivity contribution in [3.8, 4) is 22.6 Å². The summed E-state index contributed by atoms with van der Waals surface area (Å²) in [6.07, 6.45) is 0. The maximum Gasteiger partial charge on any atom is 0.326 e. The zero-order chi connectivity index (χ0) is 31.8. The second-order valence-electron chi connectivity index (χ2n) is 15.7. The third-order valence-corrected chi connectivity index (χ3v) is 9.21. The molecule has 43 heavy (non-hydrogen) atoms. The van der Waals surface area contributed by atoms with Gasteiger partial charge in [0.05, 0.1) is 5.30 Å². The average Bonchev–Trinajstić information content (AvgIpc) is 2.91. The summed E-state index contributed by atoms with van der Waals surface area (Å²) in [6, 6.07) is 32.4. The number of para-hydroxylation sites is 2. The molecular weight excluding hydrogens is 543 g/mol. The van der Waals surface area contributed by atoms with Crippen LogP contribution in [0.3, 0.4) is 0 Å².